The van der Waals surface area contributed by atoms with E-state index in [0.717, 1.165) is 23.7 Å². The Morgan fingerprint density at radius 3 is 3.05 bits per heavy atom. The van der Waals surface area contributed by atoms with Crippen LogP contribution >= 0.6 is 0 Å². The molecule has 2 aromatic rings. The van der Waals surface area contributed by atoms with Crippen molar-refractivity contribution in [1.82, 2.24) is 15.2 Å². The number of carbonyl (C=O) groups is 1. The van der Waals surface area contributed by atoms with Gasteiger partial charge in [-0.1, -0.05) is 6.92 Å². The smallest absolute Gasteiger partial charge is 0.249 e. The van der Waals surface area contributed by atoms with Crippen molar-refractivity contribution in [2.75, 3.05) is 11.4 Å². The van der Waals surface area contributed by atoms with E-state index in [-0.39, 0.29) is 17.7 Å². The van der Waals surface area contributed by atoms with Crippen LogP contribution in [0.1, 0.15) is 19.8 Å². The third kappa shape index (κ3) is 1.49. The Kier molecular flexibility index (Phi) is 2.37. The van der Waals surface area contributed by atoms with Gasteiger partial charge in [-0.2, -0.15) is 10.4 Å². The lowest BCUT2D eigenvalue weighted by Crippen LogP contribution is -2.37. The number of fused-ring (bicyclic) bond motifs is 1. The van der Waals surface area contributed by atoms with Gasteiger partial charge >= 0.3 is 0 Å². The van der Waals surface area contributed by atoms with Gasteiger partial charge in [-0.25, -0.2) is 0 Å². The number of carbonyl (C=O) groups excluding carboxylic acids is 1. The number of nitriles is 1. The molecule has 1 N–H and O–H groups in total. The Labute approximate surface area is 121 Å². The van der Waals surface area contributed by atoms with Gasteiger partial charge in [-0.3, -0.25) is 19.8 Å². The molecular weight excluding hydrogens is 266 g/mol. The fraction of sp³-hybridized carbons (Fsp3) is 0.467. The molecule has 1 aliphatic heterocycles. The molecular formula is C15H15N5O. The third-order valence-corrected chi connectivity index (χ3v) is 4.84. The largest absolute Gasteiger partial charge is 0.293 e. The second kappa shape index (κ2) is 4.04. The molecule has 2 aromatic heterocycles. The summed E-state index contributed by atoms with van der Waals surface area (Å²) in [6.45, 7) is 2.54. The minimum absolute atomic E-state index is 0.0242. The van der Waals surface area contributed by atoms with Crippen LogP contribution in [0.15, 0.2) is 18.5 Å². The molecule has 3 heterocycles. The third-order valence-electron chi connectivity index (χ3n) is 4.84. The van der Waals surface area contributed by atoms with Crippen LogP contribution in [0.5, 0.6) is 0 Å². The highest BCUT2D eigenvalue weighted by molar-refractivity contribution is 6.06. The fourth-order valence-electron chi connectivity index (χ4n) is 3.54. The number of amides is 1. The highest BCUT2D eigenvalue weighted by Crippen LogP contribution is 2.54. The molecule has 1 aliphatic carbocycles. The maximum absolute atomic E-state index is 12.9. The van der Waals surface area contributed by atoms with Gasteiger partial charge in [0.15, 0.2) is 5.82 Å². The zero-order valence-electron chi connectivity index (χ0n) is 11.7. The molecule has 1 saturated carbocycles. The molecule has 2 aliphatic rings. The monoisotopic (exact) mass is 281 g/mol. The highest BCUT2D eigenvalue weighted by atomic mass is 16.2. The van der Waals surface area contributed by atoms with Crippen molar-refractivity contribution in [3.8, 4) is 6.07 Å². The number of hydrogen-bond acceptors (Lipinski definition) is 4. The molecule has 2 fully saturated rings. The Balaban J connectivity index is 1.81. The summed E-state index contributed by atoms with van der Waals surface area (Å²) in [4.78, 5) is 18.6. The van der Waals surface area contributed by atoms with Crippen molar-refractivity contribution in [2.24, 2.45) is 17.3 Å². The molecule has 0 aromatic carbocycles. The zero-order chi connectivity index (χ0) is 14.6. The number of nitrogens with one attached hydrogen (secondary N) is 1. The van der Waals surface area contributed by atoms with Crippen molar-refractivity contribution in [2.45, 2.75) is 19.8 Å². The first-order valence-corrected chi connectivity index (χ1v) is 7.19. The van der Waals surface area contributed by atoms with Crippen LogP contribution in [-0.4, -0.2) is 27.6 Å². The van der Waals surface area contributed by atoms with Crippen LogP contribution < -0.4 is 4.90 Å². The number of aromatic amines is 1. The summed E-state index contributed by atoms with van der Waals surface area (Å²) in [7, 11) is 0. The minimum Gasteiger partial charge on any atom is -0.293 e. The van der Waals surface area contributed by atoms with Crippen molar-refractivity contribution in [3.05, 3.63) is 18.5 Å². The Bertz CT molecular complexity index is 772. The van der Waals surface area contributed by atoms with Crippen LogP contribution in [-0.2, 0) is 4.79 Å². The molecule has 6 heteroatoms. The predicted octanol–water partition coefficient (Wildman–Crippen LogP) is 1.86. The number of aromatic nitrogens is 3. The average Bonchev–Trinajstić information content (AvgIpc) is 3.20. The van der Waals surface area contributed by atoms with Gasteiger partial charge < -0.3 is 0 Å². The summed E-state index contributed by atoms with van der Waals surface area (Å²) in [5.41, 5.74) is -0.0629. The van der Waals surface area contributed by atoms with Crippen molar-refractivity contribution < 1.29 is 4.79 Å². The van der Waals surface area contributed by atoms with E-state index in [1.807, 2.05) is 13.0 Å². The van der Waals surface area contributed by atoms with E-state index >= 15 is 0 Å². The molecule has 0 bridgehead atoms. The first-order chi connectivity index (χ1) is 10.2. The molecule has 0 unspecified atom stereocenters. The van der Waals surface area contributed by atoms with Crippen LogP contribution in [0.2, 0.25) is 0 Å². The van der Waals surface area contributed by atoms with Gasteiger partial charge in [-0.05, 0) is 24.8 Å². The van der Waals surface area contributed by atoms with Gasteiger partial charge in [0.05, 0.1) is 17.8 Å². The molecule has 0 radical (unpaired) electrons. The van der Waals surface area contributed by atoms with E-state index in [9.17, 15) is 10.1 Å². The SMILES string of the molecule is C[C@@H]1CN(c2n[nH]c3cnccc23)C(=O)[C@]1(C#N)C1CC1. The summed E-state index contributed by atoms with van der Waals surface area (Å²) >= 11 is 0. The molecule has 4 rings (SSSR count). The van der Waals surface area contributed by atoms with Gasteiger partial charge in [0.1, 0.15) is 5.41 Å². The maximum atomic E-state index is 12.9. The second-order valence-corrected chi connectivity index (χ2v) is 6.04. The zero-order valence-corrected chi connectivity index (χ0v) is 11.7. The normalized spacial score (nSPS) is 29.0. The van der Waals surface area contributed by atoms with Crippen LogP contribution in [0.4, 0.5) is 5.82 Å². The molecule has 6 nitrogen and oxygen atoms in total. The minimum atomic E-state index is -0.863. The van der Waals surface area contributed by atoms with E-state index in [1.54, 1.807) is 17.3 Å². The number of pyridine rings is 1. The molecule has 2 atom stereocenters. The summed E-state index contributed by atoms with van der Waals surface area (Å²) in [5.74, 6) is 0.755. The van der Waals surface area contributed by atoms with E-state index in [2.05, 4.69) is 21.3 Å². The van der Waals surface area contributed by atoms with Crippen molar-refractivity contribution in [3.63, 3.8) is 0 Å². The van der Waals surface area contributed by atoms with Gasteiger partial charge in [0.2, 0.25) is 5.91 Å². The molecule has 21 heavy (non-hydrogen) atoms. The number of nitrogens with zero attached hydrogens (tertiary/aromatic N) is 4. The lowest BCUT2D eigenvalue weighted by molar-refractivity contribution is -0.124. The Morgan fingerprint density at radius 2 is 2.33 bits per heavy atom. The summed E-state index contributed by atoms with van der Waals surface area (Å²) < 4.78 is 0. The standard InChI is InChI=1S/C15H15N5O/c1-9-7-20(14(21)15(9,8-16)10-2-3-10)13-11-4-5-17-6-12(11)18-19-13/h4-6,9-10H,2-3,7H2,1H3,(H,18,19)/t9-,15+/m1/s1. The van der Waals surface area contributed by atoms with Crippen molar-refractivity contribution in [1.29, 1.82) is 5.26 Å². The predicted molar refractivity (Wildman–Crippen MR) is 76.2 cm³/mol. The Hall–Kier alpha value is -2.42. The molecule has 1 saturated heterocycles. The molecule has 0 spiro atoms. The van der Waals surface area contributed by atoms with E-state index in [0.29, 0.717) is 12.4 Å². The summed E-state index contributed by atoms with van der Waals surface area (Å²) in [5, 5.41) is 17.7. The molecule has 1 amide bonds. The quantitative estimate of drug-likeness (QED) is 0.910. The van der Waals surface area contributed by atoms with E-state index < -0.39 is 5.41 Å². The topological polar surface area (TPSA) is 85.7 Å². The van der Waals surface area contributed by atoms with E-state index in [1.165, 1.54) is 0 Å². The lowest BCUT2D eigenvalue weighted by Gasteiger charge is -2.22. The second-order valence-electron chi connectivity index (χ2n) is 6.04. The fourth-order valence-corrected chi connectivity index (χ4v) is 3.54. The first kappa shape index (κ1) is 12.3. The average molecular weight is 281 g/mol. The Morgan fingerprint density at radius 1 is 1.52 bits per heavy atom. The number of anilines is 1. The summed E-state index contributed by atoms with van der Waals surface area (Å²) in [6, 6.07) is 4.18. The van der Waals surface area contributed by atoms with Crippen LogP contribution in [0, 0.1) is 28.6 Å². The van der Waals surface area contributed by atoms with Gasteiger partial charge in [0, 0.05) is 24.0 Å². The van der Waals surface area contributed by atoms with Crippen LogP contribution in [0.3, 0.4) is 0 Å². The van der Waals surface area contributed by atoms with Crippen molar-refractivity contribution >= 4 is 22.6 Å². The number of H-pyrrole nitrogens is 1. The number of hydrogen-bond donors (Lipinski definition) is 1. The molecule has 106 valence electrons. The van der Waals surface area contributed by atoms with Crippen LogP contribution in [0.25, 0.3) is 10.9 Å². The summed E-state index contributed by atoms with van der Waals surface area (Å²) in [6.07, 6.45) is 5.32. The van der Waals surface area contributed by atoms with E-state index in [4.69, 9.17) is 0 Å². The highest BCUT2D eigenvalue weighted by Gasteiger charge is 2.61. The van der Waals surface area contributed by atoms with Gasteiger partial charge in [-0.15, -0.1) is 0 Å². The van der Waals surface area contributed by atoms with Gasteiger partial charge in [0.25, 0.3) is 0 Å². The maximum Gasteiger partial charge on any atom is 0.249 e. The number of rotatable bonds is 2. The lowest BCUT2D eigenvalue weighted by atomic mass is 9.75. The first-order valence-electron chi connectivity index (χ1n) is 7.19.